The Labute approximate surface area is 163 Å². The minimum Gasteiger partial charge on any atom is -0.508 e. The Hall–Kier alpha value is -2.04. The first-order valence-electron chi connectivity index (χ1n) is 10.1. The molecular formula is C22H36O5. The third-order valence-electron chi connectivity index (χ3n) is 4.51. The van der Waals surface area contributed by atoms with Gasteiger partial charge in [0.05, 0.1) is 12.8 Å². The van der Waals surface area contributed by atoms with E-state index in [9.17, 15) is 14.7 Å². The van der Waals surface area contributed by atoms with E-state index < -0.39 is 11.9 Å². The van der Waals surface area contributed by atoms with Crippen LogP contribution in [0.15, 0.2) is 24.3 Å². The molecule has 0 aliphatic carbocycles. The molecule has 0 saturated heterocycles. The van der Waals surface area contributed by atoms with Crippen molar-refractivity contribution in [1.82, 2.24) is 0 Å². The maximum atomic E-state index is 9.80. The number of phenols is 1. The molecule has 0 fully saturated rings. The van der Waals surface area contributed by atoms with E-state index in [1.807, 2.05) is 18.2 Å². The Balaban J connectivity index is 0.000000713. The summed E-state index contributed by atoms with van der Waals surface area (Å²) in [5, 5.41) is 25.6. The van der Waals surface area contributed by atoms with Crippen LogP contribution in [0.25, 0.3) is 0 Å². The van der Waals surface area contributed by atoms with Crippen LogP contribution in [0.5, 0.6) is 5.75 Å². The van der Waals surface area contributed by atoms with Crippen molar-refractivity contribution in [3.63, 3.8) is 0 Å². The molecule has 5 heteroatoms. The number of carbonyl (C=O) groups is 2. The van der Waals surface area contributed by atoms with Crippen molar-refractivity contribution in [2.75, 3.05) is 0 Å². The van der Waals surface area contributed by atoms with Gasteiger partial charge in [0.15, 0.2) is 0 Å². The molecule has 1 aromatic rings. The monoisotopic (exact) mass is 380 g/mol. The van der Waals surface area contributed by atoms with E-state index in [-0.39, 0.29) is 12.8 Å². The number of hydrogen-bond acceptors (Lipinski definition) is 3. The summed E-state index contributed by atoms with van der Waals surface area (Å²) in [5.41, 5.74) is 1.10. The predicted octanol–water partition coefficient (Wildman–Crippen LogP) is 5.96. The molecule has 5 nitrogen and oxygen atoms in total. The van der Waals surface area contributed by atoms with Gasteiger partial charge in [0.25, 0.3) is 0 Å². The quantitative estimate of drug-likeness (QED) is 0.367. The summed E-state index contributed by atoms with van der Waals surface area (Å²) < 4.78 is 0. The van der Waals surface area contributed by atoms with Crippen molar-refractivity contribution in [3.05, 3.63) is 29.8 Å². The molecule has 3 N–H and O–H groups in total. The van der Waals surface area contributed by atoms with Crippen molar-refractivity contribution in [2.45, 2.75) is 90.4 Å². The second-order valence-electron chi connectivity index (χ2n) is 7.01. The van der Waals surface area contributed by atoms with Gasteiger partial charge < -0.3 is 15.3 Å². The standard InChI is InChI=1S/C18H30O.C4H6O4/c1-3-4-5-6-7-8-9-10-13-16(2)17-14-11-12-15-18(17)19;5-3(6)1-2-4(7)8/h11-12,14-16,19H,3-10,13H2,1-2H3;1-2H2,(H,5,6)(H,7,8). The van der Waals surface area contributed by atoms with Crippen molar-refractivity contribution in [3.8, 4) is 5.75 Å². The Morgan fingerprint density at radius 2 is 1.33 bits per heavy atom. The van der Waals surface area contributed by atoms with Gasteiger partial charge >= 0.3 is 11.9 Å². The fourth-order valence-corrected chi connectivity index (χ4v) is 2.86. The maximum Gasteiger partial charge on any atom is 0.303 e. The van der Waals surface area contributed by atoms with E-state index in [2.05, 4.69) is 13.8 Å². The molecule has 0 aliphatic rings. The number of aliphatic carboxylic acids is 2. The molecule has 0 heterocycles. The van der Waals surface area contributed by atoms with Gasteiger partial charge in [-0.3, -0.25) is 9.59 Å². The molecule has 0 bridgehead atoms. The van der Waals surface area contributed by atoms with Crippen LogP contribution >= 0.6 is 0 Å². The number of phenolic OH excluding ortho intramolecular Hbond substituents is 1. The highest BCUT2D eigenvalue weighted by Crippen LogP contribution is 2.29. The molecule has 0 saturated carbocycles. The number of para-hydroxylation sites is 1. The van der Waals surface area contributed by atoms with Gasteiger partial charge in [0, 0.05) is 0 Å². The molecule has 1 aromatic carbocycles. The second kappa shape index (κ2) is 16.2. The predicted molar refractivity (Wildman–Crippen MR) is 108 cm³/mol. The average Bonchev–Trinajstić information content (AvgIpc) is 2.63. The molecule has 0 spiro atoms. The molecule has 0 amide bonds. The van der Waals surface area contributed by atoms with Gasteiger partial charge in [-0.25, -0.2) is 0 Å². The summed E-state index contributed by atoms with van der Waals surface area (Å²) in [5.74, 6) is -1.23. The zero-order valence-electron chi connectivity index (χ0n) is 16.8. The first-order chi connectivity index (χ1) is 12.9. The Bertz CT molecular complexity index is 513. The first-order valence-corrected chi connectivity index (χ1v) is 10.1. The molecule has 1 rings (SSSR count). The largest absolute Gasteiger partial charge is 0.508 e. The van der Waals surface area contributed by atoms with Crippen molar-refractivity contribution >= 4 is 11.9 Å². The van der Waals surface area contributed by atoms with E-state index in [1.54, 1.807) is 6.07 Å². The van der Waals surface area contributed by atoms with Gasteiger partial charge in [-0.15, -0.1) is 0 Å². The van der Waals surface area contributed by atoms with Gasteiger partial charge in [-0.05, 0) is 24.0 Å². The minimum atomic E-state index is -1.08. The average molecular weight is 381 g/mol. The van der Waals surface area contributed by atoms with E-state index in [4.69, 9.17) is 10.2 Å². The van der Waals surface area contributed by atoms with Gasteiger partial charge in [-0.2, -0.15) is 0 Å². The lowest BCUT2D eigenvalue weighted by Gasteiger charge is -2.13. The van der Waals surface area contributed by atoms with Crippen LogP contribution in [0.2, 0.25) is 0 Å². The number of carboxylic acids is 2. The Morgan fingerprint density at radius 1 is 0.852 bits per heavy atom. The molecule has 1 unspecified atom stereocenters. The highest BCUT2D eigenvalue weighted by atomic mass is 16.4. The third kappa shape index (κ3) is 14.8. The van der Waals surface area contributed by atoms with Crippen LogP contribution in [0.3, 0.4) is 0 Å². The lowest BCUT2D eigenvalue weighted by atomic mass is 9.94. The van der Waals surface area contributed by atoms with Crippen LogP contribution in [0.1, 0.15) is 96.0 Å². The number of rotatable bonds is 13. The highest BCUT2D eigenvalue weighted by molar-refractivity contribution is 5.75. The summed E-state index contributed by atoms with van der Waals surface area (Å²) in [6.07, 6.45) is 11.5. The molecule has 1 atom stereocenters. The van der Waals surface area contributed by atoms with Crippen LogP contribution < -0.4 is 0 Å². The molecule has 154 valence electrons. The van der Waals surface area contributed by atoms with Gasteiger partial charge in [0.2, 0.25) is 0 Å². The number of carboxylic acid groups (broad SMARTS) is 2. The van der Waals surface area contributed by atoms with Gasteiger partial charge in [-0.1, -0.05) is 83.4 Å². The molecule has 0 aromatic heterocycles. The van der Waals surface area contributed by atoms with Crippen molar-refractivity contribution < 1.29 is 24.9 Å². The second-order valence-corrected chi connectivity index (χ2v) is 7.01. The first kappa shape index (κ1) is 25.0. The molecule has 27 heavy (non-hydrogen) atoms. The van der Waals surface area contributed by atoms with Crippen molar-refractivity contribution in [1.29, 1.82) is 0 Å². The summed E-state index contributed by atoms with van der Waals surface area (Å²) >= 11 is 0. The zero-order chi connectivity index (χ0) is 20.5. The minimum absolute atomic E-state index is 0.296. The fraction of sp³-hybridized carbons (Fsp3) is 0.636. The topological polar surface area (TPSA) is 94.8 Å². The van der Waals surface area contributed by atoms with Crippen LogP contribution in [-0.2, 0) is 9.59 Å². The van der Waals surface area contributed by atoms with Crippen molar-refractivity contribution in [2.24, 2.45) is 0 Å². The smallest absolute Gasteiger partial charge is 0.303 e. The maximum absolute atomic E-state index is 9.80. The summed E-state index contributed by atoms with van der Waals surface area (Å²) in [4.78, 5) is 19.3. The SMILES string of the molecule is CCCCCCCCCCC(C)c1ccccc1O.O=C(O)CCC(=O)O. The highest BCUT2D eigenvalue weighted by Gasteiger charge is 2.08. The molecule has 0 radical (unpaired) electrons. The Morgan fingerprint density at radius 3 is 1.81 bits per heavy atom. The molecular weight excluding hydrogens is 344 g/mol. The lowest BCUT2D eigenvalue weighted by Crippen LogP contribution is -2.00. The number of benzene rings is 1. The van der Waals surface area contributed by atoms with Gasteiger partial charge in [0.1, 0.15) is 5.75 Å². The number of hydrogen-bond donors (Lipinski definition) is 3. The van der Waals surface area contributed by atoms with E-state index in [0.29, 0.717) is 11.7 Å². The third-order valence-corrected chi connectivity index (χ3v) is 4.51. The van der Waals surface area contributed by atoms with E-state index >= 15 is 0 Å². The Kier molecular flexibility index (Phi) is 14.9. The summed E-state index contributed by atoms with van der Waals surface area (Å²) in [6, 6.07) is 7.74. The number of unbranched alkanes of at least 4 members (excludes halogenated alkanes) is 7. The normalized spacial score (nSPS) is 11.3. The molecule has 0 aliphatic heterocycles. The zero-order valence-corrected chi connectivity index (χ0v) is 16.8. The van der Waals surface area contributed by atoms with Crippen LogP contribution in [0.4, 0.5) is 0 Å². The van der Waals surface area contributed by atoms with Crippen LogP contribution in [0, 0.1) is 0 Å². The van der Waals surface area contributed by atoms with E-state index in [0.717, 1.165) is 5.56 Å². The summed E-state index contributed by atoms with van der Waals surface area (Å²) in [6.45, 7) is 4.48. The summed E-state index contributed by atoms with van der Waals surface area (Å²) in [7, 11) is 0. The lowest BCUT2D eigenvalue weighted by molar-refractivity contribution is -0.143. The fourth-order valence-electron chi connectivity index (χ4n) is 2.86. The van der Waals surface area contributed by atoms with Crippen LogP contribution in [-0.4, -0.2) is 27.3 Å². The van der Waals surface area contributed by atoms with E-state index in [1.165, 1.54) is 57.8 Å². The number of aromatic hydroxyl groups is 1.